The van der Waals surface area contributed by atoms with Crippen molar-refractivity contribution in [1.82, 2.24) is 10.2 Å². The summed E-state index contributed by atoms with van der Waals surface area (Å²) >= 11 is 12.5. The largest absolute Gasteiger partial charge is 0.354 e. The van der Waals surface area contributed by atoms with Gasteiger partial charge in [-0.3, -0.25) is 13.9 Å². The minimum absolute atomic E-state index is 0.0122. The number of halogens is 2. The molecule has 0 saturated carbocycles. The molecular formula is C29H33Cl2N3O4S. The van der Waals surface area contributed by atoms with Crippen molar-refractivity contribution in [2.75, 3.05) is 17.4 Å². The van der Waals surface area contributed by atoms with Gasteiger partial charge in [0.05, 0.1) is 10.6 Å². The number of aryl methyl sites for hydroxylation is 2. The molecule has 0 spiro atoms. The molecule has 0 unspecified atom stereocenters. The number of anilines is 1. The lowest BCUT2D eigenvalue weighted by Gasteiger charge is -2.32. The maximum absolute atomic E-state index is 13.9. The lowest BCUT2D eigenvalue weighted by Crippen LogP contribution is -2.51. The van der Waals surface area contributed by atoms with Crippen molar-refractivity contribution in [3.8, 4) is 0 Å². The molecule has 39 heavy (non-hydrogen) atoms. The quantitative estimate of drug-likeness (QED) is 0.308. The second-order valence-corrected chi connectivity index (χ2v) is 12.0. The highest BCUT2D eigenvalue weighted by atomic mass is 35.5. The van der Waals surface area contributed by atoms with Crippen molar-refractivity contribution in [3.05, 3.63) is 93.5 Å². The first kappa shape index (κ1) is 30.5. The third-order valence-electron chi connectivity index (χ3n) is 6.34. The van der Waals surface area contributed by atoms with Crippen LogP contribution in [0.25, 0.3) is 0 Å². The Bertz CT molecular complexity index is 1430. The summed E-state index contributed by atoms with van der Waals surface area (Å²) in [6.45, 7) is 7.10. The van der Waals surface area contributed by atoms with Crippen molar-refractivity contribution < 1.29 is 18.0 Å². The molecule has 3 aromatic carbocycles. The van der Waals surface area contributed by atoms with Gasteiger partial charge < -0.3 is 10.2 Å². The summed E-state index contributed by atoms with van der Waals surface area (Å²) in [4.78, 5) is 28.3. The Hall–Kier alpha value is -3.07. The van der Waals surface area contributed by atoms with Crippen LogP contribution in [0.15, 0.2) is 71.6 Å². The predicted molar refractivity (Wildman–Crippen MR) is 157 cm³/mol. The summed E-state index contributed by atoms with van der Waals surface area (Å²) in [7, 11) is -4.13. The Balaban J connectivity index is 2.05. The fourth-order valence-corrected chi connectivity index (χ4v) is 5.95. The van der Waals surface area contributed by atoms with Gasteiger partial charge in [-0.05, 0) is 68.7 Å². The molecule has 2 amide bonds. The lowest BCUT2D eigenvalue weighted by atomic mass is 10.1. The molecule has 7 nitrogen and oxygen atoms in total. The van der Waals surface area contributed by atoms with E-state index in [0.29, 0.717) is 33.4 Å². The van der Waals surface area contributed by atoms with Gasteiger partial charge in [-0.25, -0.2) is 8.42 Å². The molecule has 3 aromatic rings. The van der Waals surface area contributed by atoms with Crippen LogP contribution >= 0.6 is 23.2 Å². The van der Waals surface area contributed by atoms with Crippen LogP contribution in [0, 0.1) is 13.8 Å². The average Bonchev–Trinajstić information content (AvgIpc) is 2.90. The van der Waals surface area contributed by atoms with E-state index < -0.39 is 28.5 Å². The van der Waals surface area contributed by atoms with Gasteiger partial charge in [-0.1, -0.05) is 72.1 Å². The van der Waals surface area contributed by atoms with Crippen LogP contribution < -0.4 is 9.62 Å². The third kappa shape index (κ3) is 7.53. The highest BCUT2D eigenvalue weighted by Gasteiger charge is 2.33. The van der Waals surface area contributed by atoms with Gasteiger partial charge in [-0.15, -0.1) is 0 Å². The Morgan fingerprint density at radius 3 is 2.26 bits per heavy atom. The Morgan fingerprint density at radius 2 is 1.64 bits per heavy atom. The number of sulfonamides is 1. The van der Waals surface area contributed by atoms with Gasteiger partial charge >= 0.3 is 0 Å². The first-order chi connectivity index (χ1) is 18.4. The average molecular weight is 591 g/mol. The first-order valence-corrected chi connectivity index (χ1v) is 14.8. The number of carbonyl (C=O) groups excluding carboxylic acids is 2. The number of hydrogen-bond acceptors (Lipinski definition) is 4. The standard InChI is InChI=1S/C29H33Cl2N3O4S/c1-5-16-32-29(36)22(4)33(18-23-12-13-24(30)17-26(23)31)28(35)19-34(27-9-7-6-8-21(27)3)39(37,38)25-14-10-20(2)11-15-25/h6-15,17,22H,5,16,18-19H2,1-4H3,(H,32,36)/t22-/m0/s1. The Labute approximate surface area is 240 Å². The van der Waals surface area contributed by atoms with Crippen LogP contribution in [0.2, 0.25) is 10.0 Å². The SMILES string of the molecule is CCCNC(=O)[C@H](C)N(Cc1ccc(Cl)cc1Cl)C(=O)CN(c1ccccc1C)S(=O)(=O)c1ccc(C)cc1. The number of benzene rings is 3. The van der Waals surface area contributed by atoms with E-state index in [1.807, 2.05) is 13.8 Å². The number of rotatable bonds is 11. The molecule has 0 radical (unpaired) electrons. The van der Waals surface area contributed by atoms with Gasteiger partial charge in [0.2, 0.25) is 11.8 Å². The van der Waals surface area contributed by atoms with E-state index in [9.17, 15) is 18.0 Å². The number of hydrogen-bond donors (Lipinski definition) is 1. The zero-order chi connectivity index (χ0) is 28.7. The van der Waals surface area contributed by atoms with E-state index >= 15 is 0 Å². The number of carbonyl (C=O) groups is 2. The summed E-state index contributed by atoms with van der Waals surface area (Å²) in [5, 5.41) is 3.59. The number of nitrogens with one attached hydrogen (secondary N) is 1. The third-order valence-corrected chi connectivity index (χ3v) is 8.71. The molecule has 1 atom stereocenters. The molecule has 0 aromatic heterocycles. The topological polar surface area (TPSA) is 86.8 Å². The summed E-state index contributed by atoms with van der Waals surface area (Å²) in [6, 6.07) is 17.4. The molecule has 1 N–H and O–H groups in total. The first-order valence-electron chi connectivity index (χ1n) is 12.6. The highest BCUT2D eigenvalue weighted by Crippen LogP contribution is 2.28. The van der Waals surface area contributed by atoms with Crippen molar-refractivity contribution in [2.45, 2.75) is 51.6 Å². The molecule has 3 rings (SSSR count). The normalized spacial score (nSPS) is 12.1. The van der Waals surface area contributed by atoms with Crippen molar-refractivity contribution in [3.63, 3.8) is 0 Å². The van der Waals surface area contributed by atoms with Crippen LogP contribution in [0.3, 0.4) is 0 Å². The van der Waals surface area contributed by atoms with Crippen LogP contribution in [-0.4, -0.2) is 44.3 Å². The summed E-state index contributed by atoms with van der Waals surface area (Å²) in [5.74, 6) is -0.904. The molecule has 0 bridgehead atoms. The molecule has 0 saturated heterocycles. The zero-order valence-corrected chi connectivity index (χ0v) is 24.8. The number of nitrogens with zero attached hydrogens (tertiary/aromatic N) is 2. The Morgan fingerprint density at radius 1 is 0.974 bits per heavy atom. The molecule has 10 heteroatoms. The summed E-state index contributed by atoms with van der Waals surface area (Å²) in [5.41, 5.74) is 2.54. The van der Waals surface area contributed by atoms with E-state index in [1.54, 1.807) is 68.4 Å². The number of para-hydroxylation sites is 1. The summed E-state index contributed by atoms with van der Waals surface area (Å²) in [6.07, 6.45) is 0.727. The van der Waals surface area contributed by atoms with Crippen molar-refractivity contribution in [1.29, 1.82) is 0 Å². The number of amides is 2. The molecule has 0 fully saturated rings. The Kier molecular flexibility index (Phi) is 10.4. The van der Waals surface area contributed by atoms with E-state index in [1.165, 1.54) is 17.0 Å². The van der Waals surface area contributed by atoms with Crippen molar-refractivity contribution >= 4 is 50.7 Å². The van der Waals surface area contributed by atoms with E-state index in [4.69, 9.17) is 23.2 Å². The molecule has 0 aliphatic carbocycles. The summed E-state index contributed by atoms with van der Waals surface area (Å²) < 4.78 is 28.9. The van der Waals surface area contributed by atoms with E-state index in [-0.39, 0.29) is 17.3 Å². The minimum Gasteiger partial charge on any atom is -0.354 e. The minimum atomic E-state index is -4.13. The molecule has 208 valence electrons. The van der Waals surface area contributed by atoms with E-state index in [0.717, 1.165) is 16.3 Å². The predicted octanol–water partition coefficient (Wildman–Crippen LogP) is 5.75. The fraction of sp³-hybridized carbons (Fsp3) is 0.310. The smallest absolute Gasteiger partial charge is 0.264 e. The molecule has 0 aliphatic heterocycles. The second kappa shape index (κ2) is 13.3. The van der Waals surface area contributed by atoms with Gasteiger partial charge in [0.15, 0.2) is 0 Å². The van der Waals surface area contributed by atoms with Crippen LogP contribution in [0.5, 0.6) is 0 Å². The van der Waals surface area contributed by atoms with Crippen LogP contribution in [0.4, 0.5) is 5.69 Å². The molecule has 0 aliphatic rings. The molecular weight excluding hydrogens is 557 g/mol. The van der Waals surface area contributed by atoms with Gasteiger partial charge in [0, 0.05) is 23.1 Å². The highest BCUT2D eigenvalue weighted by molar-refractivity contribution is 7.92. The van der Waals surface area contributed by atoms with Gasteiger partial charge in [-0.2, -0.15) is 0 Å². The van der Waals surface area contributed by atoms with Crippen LogP contribution in [0.1, 0.15) is 37.0 Å². The maximum Gasteiger partial charge on any atom is 0.264 e. The van der Waals surface area contributed by atoms with Crippen molar-refractivity contribution in [2.24, 2.45) is 0 Å². The maximum atomic E-state index is 13.9. The second-order valence-electron chi connectivity index (χ2n) is 9.34. The zero-order valence-electron chi connectivity index (χ0n) is 22.4. The van der Waals surface area contributed by atoms with Crippen LogP contribution in [-0.2, 0) is 26.2 Å². The molecule has 0 heterocycles. The van der Waals surface area contributed by atoms with Gasteiger partial charge in [0.25, 0.3) is 10.0 Å². The fourth-order valence-electron chi connectivity index (χ4n) is 4.01. The van der Waals surface area contributed by atoms with E-state index in [2.05, 4.69) is 5.32 Å². The lowest BCUT2D eigenvalue weighted by molar-refractivity contribution is -0.139. The monoisotopic (exact) mass is 589 g/mol. The van der Waals surface area contributed by atoms with Gasteiger partial charge in [0.1, 0.15) is 12.6 Å².